The molecule has 0 aliphatic carbocycles. The number of rotatable bonds is 10. The first kappa shape index (κ1) is 24.5. The summed E-state index contributed by atoms with van der Waals surface area (Å²) in [5.41, 5.74) is 5.26. The van der Waals surface area contributed by atoms with Crippen molar-refractivity contribution in [2.75, 3.05) is 19.6 Å². The van der Waals surface area contributed by atoms with Gasteiger partial charge in [0.05, 0.1) is 19.1 Å². The van der Waals surface area contributed by atoms with Crippen molar-refractivity contribution in [3.05, 3.63) is 0 Å². The summed E-state index contributed by atoms with van der Waals surface area (Å²) < 4.78 is 0. The average molecular weight is 410 g/mol. The topological polar surface area (TPSA) is 151 Å². The van der Waals surface area contributed by atoms with Crippen molar-refractivity contribution in [2.24, 2.45) is 17.6 Å². The lowest BCUT2D eigenvalue weighted by molar-refractivity contribution is -0.137. The van der Waals surface area contributed by atoms with Crippen LogP contribution in [0.1, 0.15) is 40.5 Å². The fourth-order valence-electron chi connectivity index (χ4n) is 3.11. The Morgan fingerprint density at radius 3 is 2.14 bits per heavy atom. The van der Waals surface area contributed by atoms with Crippen LogP contribution in [0.15, 0.2) is 0 Å². The molecule has 163 valence electrons. The number of nitrogens with zero attached hydrogens (tertiary/aromatic N) is 1. The van der Waals surface area contributed by atoms with Gasteiger partial charge in [-0.15, -0.1) is 0 Å². The van der Waals surface area contributed by atoms with Crippen molar-refractivity contribution in [3.63, 3.8) is 0 Å². The minimum Gasteiger partial charge on any atom is -0.345 e. The average Bonchev–Trinajstić information content (AvgIpc) is 3.15. The fraction of sp³-hybridized carbons (Fsp3) is 0.737. The highest BCUT2D eigenvalue weighted by atomic mass is 16.2. The highest BCUT2D eigenvalue weighted by molar-refractivity contribution is 5.93. The van der Waals surface area contributed by atoms with Gasteiger partial charge in [0.1, 0.15) is 12.1 Å². The van der Waals surface area contributed by atoms with Crippen molar-refractivity contribution < 1.29 is 24.0 Å². The Balaban J connectivity index is 2.67. The van der Waals surface area contributed by atoms with Gasteiger partial charge in [-0.1, -0.05) is 27.7 Å². The van der Waals surface area contributed by atoms with Crippen molar-refractivity contribution in [1.29, 1.82) is 0 Å². The van der Waals surface area contributed by atoms with Crippen LogP contribution in [-0.2, 0) is 24.0 Å². The number of amides is 4. The molecule has 10 nitrogen and oxygen atoms in total. The number of hydrogen-bond acceptors (Lipinski definition) is 6. The summed E-state index contributed by atoms with van der Waals surface area (Å²) in [6.07, 6.45) is 3.15. The van der Waals surface area contributed by atoms with E-state index >= 15 is 0 Å². The lowest BCUT2D eigenvalue weighted by Crippen LogP contribution is -2.56. The van der Waals surface area contributed by atoms with Gasteiger partial charge in [0, 0.05) is 6.54 Å². The van der Waals surface area contributed by atoms with E-state index in [0.29, 0.717) is 19.4 Å². The molecule has 0 aromatic rings. The normalized spacial score (nSPS) is 18.3. The summed E-state index contributed by atoms with van der Waals surface area (Å²) in [5.74, 6) is -2.27. The van der Waals surface area contributed by atoms with E-state index in [1.54, 1.807) is 27.7 Å². The van der Waals surface area contributed by atoms with E-state index in [1.807, 2.05) is 6.29 Å². The summed E-state index contributed by atoms with van der Waals surface area (Å²) >= 11 is 0. The van der Waals surface area contributed by atoms with Crippen molar-refractivity contribution >= 4 is 29.9 Å². The molecule has 3 atom stereocenters. The summed E-state index contributed by atoms with van der Waals surface area (Å²) in [7, 11) is 0. The minimum atomic E-state index is -0.824. The maximum absolute atomic E-state index is 12.8. The van der Waals surface area contributed by atoms with Gasteiger partial charge in [0.25, 0.3) is 0 Å². The molecule has 1 heterocycles. The Bertz CT molecular complexity index is 622. The number of nitrogens with one attached hydrogen (secondary N) is 3. The van der Waals surface area contributed by atoms with E-state index in [0.717, 1.165) is 0 Å². The van der Waals surface area contributed by atoms with Gasteiger partial charge in [0.15, 0.2) is 0 Å². The molecule has 4 amide bonds. The second kappa shape index (κ2) is 11.5. The molecule has 1 aliphatic heterocycles. The third kappa shape index (κ3) is 7.12. The second-order valence-corrected chi connectivity index (χ2v) is 7.81. The van der Waals surface area contributed by atoms with E-state index in [1.165, 1.54) is 4.90 Å². The molecule has 0 saturated carbocycles. The molecule has 0 unspecified atom stereocenters. The zero-order valence-electron chi connectivity index (χ0n) is 17.5. The number of carbonyl (C=O) groups is 4. The summed E-state index contributed by atoms with van der Waals surface area (Å²) in [5, 5.41) is 7.61. The Hall–Kier alpha value is -2.49. The summed E-state index contributed by atoms with van der Waals surface area (Å²) in [6, 6.07) is -2.22. The molecule has 29 heavy (non-hydrogen) atoms. The molecule has 1 aliphatic rings. The molecule has 5 N–H and O–H groups in total. The van der Waals surface area contributed by atoms with Crippen molar-refractivity contribution in [3.8, 4) is 0 Å². The zero-order valence-corrected chi connectivity index (χ0v) is 17.5. The standard InChI is InChI=1S/C19H32N5O5/c1-11(2)16(22-14(26)8-20)18(28)21-9-15(27)23-17(12(3)4)19(29)24-7-5-6-13(24)10-25/h11-13,16-17H,5-9,20H2,1-4H3,(H,21,28)(H,22,26)(H,23,27)/t13-,16-,17-/m0/s1. The number of nitrogens with two attached hydrogens (primary N) is 1. The largest absolute Gasteiger partial charge is 0.345 e. The summed E-state index contributed by atoms with van der Waals surface area (Å²) in [4.78, 5) is 61.4. The smallest absolute Gasteiger partial charge is 0.246 e. The first-order valence-electron chi connectivity index (χ1n) is 9.87. The van der Waals surface area contributed by atoms with Crippen molar-refractivity contribution in [1.82, 2.24) is 20.9 Å². The van der Waals surface area contributed by atoms with Gasteiger partial charge in [0.2, 0.25) is 29.9 Å². The maximum atomic E-state index is 12.8. The van der Waals surface area contributed by atoms with Crippen LogP contribution in [0.2, 0.25) is 0 Å². The molecular formula is C19H32N5O5. The van der Waals surface area contributed by atoms with Gasteiger partial charge in [-0.2, -0.15) is 0 Å². The Morgan fingerprint density at radius 2 is 1.62 bits per heavy atom. The molecule has 0 aromatic heterocycles. The first-order chi connectivity index (χ1) is 13.6. The number of likely N-dealkylation sites (tertiary alicyclic amines) is 1. The molecule has 1 rings (SSSR count). The van der Waals surface area contributed by atoms with Crippen LogP contribution >= 0.6 is 0 Å². The third-order valence-electron chi connectivity index (χ3n) is 4.80. The summed E-state index contributed by atoms with van der Waals surface area (Å²) in [6.45, 7) is 6.94. The Morgan fingerprint density at radius 1 is 1.03 bits per heavy atom. The molecule has 0 bridgehead atoms. The van der Waals surface area contributed by atoms with Gasteiger partial charge < -0.3 is 26.6 Å². The molecule has 0 aromatic carbocycles. The fourth-order valence-corrected chi connectivity index (χ4v) is 3.11. The third-order valence-corrected chi connectivity index (χ3v) is 4.80. The zero-order chi connectivity index (χ0) is 22.1. The number of carbonyl (C=O) groups excluding carboxylic acids is 5. The van der Waals surface area contributed by atoms with E-state index in [9.17, 15) is 24.0 Å². The van der Waals surface area contributed by atoms with Crippen LogP contribution in [-0.4, -0.2) is 72.6 Å². The van der Waals surface area contributed by atoms with Crippen LogP contribution in [0.25, 0.3) is 0 Å². The highest BCUT2D eigenvalue weighted by Gasteiger charge is 2.35. The predicted octanol–water partition coefficient (Wildman–Crippen LogP) is -1.56. The minimum absolute atomic E-state index is 0.203. The highest BCUT2D eigenvalue weighted by Crippen LogP contribution is 2.18. The number of hydrogen-bond donors (Lipinski definition) is 4. The first-order valence-corrected chi connectivity index (χ1v) is 9.87. The predicted molar refractivity (Wildman–Crippen MR) is 106 cm³/mol. The van der Waals surface area contributed by atoms with E-state index in [2.05, 4.69) is 16.0 Å². The van der Waals surface area contributed by atoms with Crippen LogP contribution in [0.5, 0.6) is 0 Å². The van der Waals surface area contributed by atoms with E-state index in [-0.39, 0.29) is 30.8 Å². The second-order valence-electron chi connectivity index (χ2n) is 7.81. The Labute approximate surface area is 171 Å². The SMILES string of the molecule is CC(C)[C@H](NC(=O)CN)C(=O)NCC(=O)N[C@H](C(=O)N1CCC[C@H]1[C]=O)C(C)C. The van der Waals surface area contributed by atoms with Gasteiger partial charge in [-0.3, -0.25) is 24.0 Å². The Kier molecular flexibility index (Phi) is 9.73. The van der Waals surface area contributed by atoms with E-state index in [4.69, 9.17) is 5.73 Å². The van der Waals surface area contributed by atoms with Gasteiger partial charge in [-0.05, 0) is 24.7 Å². The molecule has 10 heteroatoms. The van der Waals surface area contributed by atoms with Gasteiger partial charge in [-0.25, -0.2) is 0 Å². The molecule has 1 saturated heterocycles. The van der Waals surface area contributed by atoms with Crippen molar-refractivity contribution in [2.45, 2.75) is 58.7 Å². The monoisotopic (exact) mass is 410 g/mol. The van der Waals surface area contributed by atoms with Crippen LogP contribution in [0.4, 0.5) is 0 Å². The quantitative estimate of drug-likeness (QED) is 0.342. The van der Waals surface area contributed by atoms with Crippen LogP contribution in [0.3, 0.4) is 0 Å². The maximum Gasteiger partial charge on any atom is 0.246 e. The molecule has 0 spiro atoms. The van der Waals surface area contributed by atoms with Gasteiger partial charge >= 0.3 is 0 Å². The molecule has 1 radical (unpaired) electrons. The molecule has 1 fully saturated rings. The van der Waals surface area contributed by atoms with Crippen LogP contribution in [0, 0.1) is 11.8 Å². The molecular weight excluding hydrogens is 378 g/mol. The lowest BCUT2D eigenvalue weighted by Gasteiger charge is -2.29. The van der Waals surface area contributed by atoms with E-state index < -0.39 is 35.8 Å². The van der Waals surface area contributed by atoms with Crippen LogP contribution < -0.4 is 21.7 Å². The lowest BCUT2D eigenvalue weighted by atomic mass is 10.0.